The number of allylic oxidation sites excluding steroid dienone is 2. The number of ether oxygens (including phenoxy) is 1. The molecule has 0 fully saturated rings. The van der Waals surface area contributed by atoms with E-state index in [1.165, 1.54) is 26.9 Å². The second-order valence-corrected chi connectivity index (χ2v) is 6.66. The Kier molecular flexibility index (Phi) is 5.31. The summed E-state index contributed by atoms with van der Waals surface area (Å²) in [6, 6.07) is 15.2. The summed E-state index contributed by atoms with van der Waals surface area (Å²) in [4.78, 5) is 0. The molecule has 0 radical (unpaired) electrons. The Morgan fingerprint density at radius 1 is 0.957 bits per heavy atom. The van der Waals surface area contributed by atoms with Crippen LogP contribution in [0.5, 0.6) is 0 Å². The summed E-state index contributed by atoms with van der Waals surface area (Å²) in [6.07, 6.45) is 9.49. The third kappa shape index (κ3) is 4.56. The van der Waals surface area contributed by atoms with Crippen molar-refractivity contribution in [2.24, 2.45) is 0 Å². The van der Waals surface area contributed by atoms with Gasteiger partial charge in [-0.1, -0.05) is 60.2 Å². The van der Waals surface area contributed by atoms with Crippen molar-refractivity contribution in [3.63, 3.8) is 0 Å². The van der Waals surface area contributed by atoms with E-state index >= 15 is 0 Å². The van der Waals surface area contributed by atoms with Gasteiger partial charge in [-0.15, -0.1) is 9.24 Å². The molecule has 0 aromatic heterocycles. The molecule has 118 valence electrons. The van der Waals surface area contributed by atoms with Crippen molar-refractivity contribution in [1.29, 1.82) is 0 Å². The van der Waals surface area contributed by atoms with Crippen molar-refractivity contribution < 1.29 is 4.74 Å². The molecule has 2 aromatic carbocycles. The largest absolute Gasteiger partial charge is 0.498 e. The molecule has 1 unspecified atom stereocenters. The van der Waals surface area contributed by atoms with E-state index in [-0.39, 0.29) is 0 Å². The van der Waals surface area contributed by atoms with E-state index < -0.39 is 0 Å². The summed E-state index contributed by atoms with van der Waals surface area (Å²) in [5.41, 5.74) is 2.63. The van der Waals surface area contributed by atoms with Crippen LogP contribution in [0, 0.1) is 6.92 Å². The molecule has 3 rings (SSSR count). The molecule has 1 aliphatic rings. The average Bonchev–Trinajstić information content (AvgIpc) is 2.53. The number of benzene rings is 2. The Labute approximate surface area is 140 Å². The zero-order valence-electron chi connectivity index (χ0n) is 13.6. The van der Waals surface area contributed by atoms with Gasteiger partial charge in [-0.25, -0.2) is 0 Å². The molecule has 1 nitrogen and oxygen atoms in total. The standard InChI is InChI=1S/C21H23OP/c1-16-5-8-18-9-10-20(4-2-3-19(18)15-16)22-14-13-17-6-11-21(23)12-7-17/h3-9,11-12,15H,2,10,13-14,23H2,1H3/b18-9?,19-3-,20-4+. The van der Waals surface area contributed by atoms with Gasteiger partial charge in [0.05, 0.1) is 12.4 Å². The molecule has 1 atom stereocenters. The highest BCUT2D eigenvalue weighted by Crippen LogP contribution is 2.10. The van der Waals surface area contributed by atoms with E-state index in [9.17, 15) is 0 Å². The SMILES string of the molecule is Cc1ccc2/c(c1)=C\C/C=C(/OCCc1ccc(P)cc1)CC=2. The quantitative estimate of drug-likeness (QED) is 0.787. The molecule has 0 aliphatic heterocycles. The highest BCUT2D eigenvalue weighted by atomic mass is 31.0. The second kappa shape index (κ2) is 7.62. The smallest absolute Gasteiger partial charge is 0.0961 e. The van der Waals surface area contributed by atoms with Crippen LogP contribution in [-0.2, 0) is 11.2 Å². The molecule has 0 heterocycles. The zero-order valence-corrected chi connectivity index (χ0v) is 14.7. The van der Waals surface area contributed by atoms with Crippen LogP contribution in [0.3, 0.4) is 0 Å². The summed E-state index contributed by atoms with van der Waals surface area (Å²) in [5, 5.41) is 3.86. The van der Waals surface area contributed by atoms with Crippen LogP contribution in [0.25, 0.3) is 12.2 Å². The molecular formula is C21H23OP. The van der Waals surface area contributed by atoms with E-state index in [1.54, 1.807) is 0 Å². The van der Waals surface area contributed by atoms with Gasteiger partial charge in [0.1, 0.15) is 0 Å². The van der Waals surface area contributed by atoms with E-state index in [1.807, 2.05) is 0 Å². The molecule has 2 aromatic rings. The number of hydrogen-bond acceptors (Lipinski definition) is 1. The molecule has 0 bridgehead atoms. The summed E-state index contributed by atoms with van der Waals surface area (Å²) in [5.74, 6) is 1.08. The predicted molar refractivity (Wildman–Crippen MR) is 102 cm³/mol. The third-order valence-electron chi connectivity index (χ3n) is 4.11. The van der Waals surface area contributed by atoms with Crippen LogP contribution < -0.4 is 15.7 Å². The number of hydrogen-bond donors (Lipinski definition) is 0. The minimum absolute atomic E-state index is 0.733. The van der Waals surface area contributed by atoms with Crippen LogP contribution in [0.15, 0.2) is 54.3 Å². The first-order chi connectivity index (χ1) is 11.2. The van der Waals surface area contributed by atoms with Gasteiger partial charge in [0.15, 0.2) is 0 Å². The first-order valence-electron chi connectivity index (χ1n) is 8.14. The molecule has 0 spiro atoms. The van der Waals surface area contributed by atoms with Gasteiger partial charge < -0.3 is 4.74 Å². The van der Waals surface area contributed by atoms with Crippen molar-refractivity contribution in [2.45, 2.75) is 26.2 Å². The fourth-order valence-electron chi connectivity index (χ4n) is 2.77. The first kappa shape index (κ1) is 16.0. The van der Waals surface area contributed by atoms with Crippen LogP contribution in [0.2, 0.25) is 0 Å². The second-order valence-electron chi connectivity index (χ2n) is 5.99. The Morgan fingerprint density at radius 2 is 1.78 bits per heavy atom. The summed E-state index contributed by atoms with van der Waals surface area (Å²) >= 11 is 0. The van der Waals surface area contributed by atoms with Crippen molar-refractivity contribution in [3.05, 3.63) is 75.9 Å². The fraction of sp³-hybridized carbons (Fsp3) is 0.238. The maximum atomic E-state index is 6.00. The van der Waals surface area contributed by atoms with Crippen molar-refractivity contribution in [2.75, 3.05) is 6.61 Å². The Morgan fingerprint density at radius 3 is 2.61 bits per heavy atom. The molecule has 0 amide bonds. The van der Waals surface area contributed by atoms with Crippen molar-refractivity contribution in [1.82, 2.24) is 0 Å². The molecule has 2 heteroatoms. The molecule has 1 aliphatic carbocycles. The van der Waals surface area contributed by atoms with Gasteiger partial charge in [-0.05, 0) is 40.7 Å². The van der Waals surface area contributed by atoms with Gasteiger partial charge in [0.25, 0.3) is 0 Å². The maximum absolute atomic E-state index is 6.00. The van der Waals surface area contributed by atoms with Crippen LogP contribution in [0.4, 0.5) is 0 Å². The molecule has 0 saturated heterocycles. The van der Waals surface area contributed by atoms with E-state index in [0.29, 0.717) is 0 Å². The first-order valence-corrected chi connectivity index (χ1v) is 8.72. The van der Waals surface area contributed by atoms with E-state index in [4.69, 9.17) is 4.74 Å². The summed E-state index contributed by atoms with van der Waals surface area (Å²) < 4.78 is 6.00. The Bertz CT molecular complexity index is 816. The Balaban J connectivity index is 1.61. The zero-order chi connectivity index (χ0) is 16.1. The topological polar surface area (TPSA) is 9.23 Å². The summed E-state index contributed by atoms with van der Waals surface area (Å²) in [7, 11) is 2.71. The fourth-order valence-corrected chi connectivity index (χ4v) is 2.96. The number of fused-ring (bicyclic) bond motifs is 1. The van der Waals surface area contributed by atoms with Crippen LogP contribution >= 0.6 is 9.24 Å². The van der Waals surface area contributed by atoms with Crippen molar-refractivity contribution >= 4 is 26.7 Å². The average molecular weight is 322 g/mol. The lowest BCUT2D eigenvalue weighted by molar-refractivity contribution is 0.211. The van der Waals surface area contributed by atoms with Gasteiger partial charge in [0.2, 0.25) is 0 Å². The van der Waals surface area contributed by atoms with E-state index in [0.717, 1.165) is 31.6 Å². The van der Waals surface area contributed by atoms with Crippen LogP contribution in [0.1, 0.15) is 24.0 Å². The number of aryl methyl sites for hydroxylation is 1. The third-order valence-corrected chi connectivity index (χ3v) is 4.49. The highest BCUT2D eigenvalue weighted by molar-refractivity contribution is 7.27. The molecular weight excluding hydrogens is 299 g/mol. The minimum atomic E-state index is 0.733. The normalized spacial score (nSPS) is 17.5. The van der Waals surface area contributed by atoms with Gasteiger partial charge >= 0.3 is 0 Å². The summed E-state index contributed by atoms with van der Waals surface area (Å²) in [6.45, 7) is 2.87. The maximum Gasteiger partial charge on any atom is 0.0961 e. The Hall–Kier alpha value is -1.85. The lowest BCUT2D eigenvalue weighted by atomic mass is 10.1. The van der Waals surface area contributed by atoms with Gasteiger partial charge in [0, 0.05) is 12.8 Å². The minimum Gasteiger partial charge on any atom is -0.498 e. The highest BCUT2D eigenvalue weighted by Gasteiger charge is 2.00. The van der Waals surface area contributed by atoms with Crippen molar-refractivity contribution in [3.8, 4) is 0 Å². The van der Waals surface area contributed by atoms with Gasteiger partial charge in [-0.3, -0.25) is 0 Å². The molecule has 23 heavy (non-hydrogen) atoms. The number of rotatable bonds is 4. The molecule has 0 N–H and O–H groups in total. The predicted octanol–water partition coefficient (Wildman–Crippen LogP) is 2.99. The molecule has 0 saturated carbocycles. The van der Waals surface area contributed by atoms with Gasteiger partial charge in [-0.2, -0.15) is 0 Å². The monoisotopic (exact) mass is 322 g/mol. The lowest BCUT2D eigenvalue weighted by Crippen LogP contribution is -2.25. The van der Waals surface area contributed by atoms with Crippen LogP contribution in [-0.4, -0.2) is 6.61 Å². The lowest BCUT2D eigenvalue weighted by Gasteiger charge is -2.10. The van der Waals surface area contributed by atoms with E-state index in [2.05, 4.69) is 76.9 Å².